The lowest BCUT2D eigenvalue weighted by Crippen LogP contribution is -2.17. The van der Waals surface area contributed by atoms with Crippen LogP contribution >= 0.6 is 11.8 Å². The number of carbonyl (C=O) groups is 2. The van der Waals surface area contributed by atoms with Crippen LogP contribution in [0.1, 0.15) is 27.7 Å². The Labute approximate surface area is 124 Å². The van der Waals surface area contributed by atoms with Crippen molar-refractivity contribution in [3.8, 4) is 0 Å². The SMILES string of the molecule is CC(=O)Nc1cccc(NC(=O)CS[C@H](C)C(C)C)c1. The Morgan fingerprint density at radius 2 is 1.75 bits per heavy atom. The van der Waals surface area contributed by atoms with Crippen LogP contribution in [-0.4, -0.2) is 22.8 Å². The van der Waals surface area contributed by atoms with Crippen LogP contribution in [0, 0.1) is 5.92 Å². The van der Waals surface area contributed by atoms with Gasteiger partial charge in [-0.3, -0.25) is 9.59 Å². The van der Waals surface area contributed by atoms with E-state index in [0.29, 0.717) is 28.3 Å². The van der Waals surface area contributed by atoms with Crippen molar-refractivity contribution in [2.24, 2.45) is 5.92 Å². The Morgan fingerprint density at radius 1 is 1.15 bits per heavy atom. The van der Waals surface area contributed by atoms with E-state index >= 15 is 0 Å². The fraction of sp³-hybridized carbons (Fsp3) is 0.467. The highest BCUT2D eigenvalue weighted by Gasteiger charge is 2.10. The molecule has 0 aliphatic rings. The molecule has 0 unspecified atom stereocenters. The molecule has 2 amide bonds. The van der Waals surface area contributed by atoms with Crippen molar-refractivity contribution >= 4 is 35.0 Å². The fourth-order valence-corrected chi connectivity index (χ4v) is 2.35. The highest BCUT2D eigenvalue weighted by Crippen LogP contribution is 2.19. The van der Waals surface area contributed by atoms with Crippen LogP contribution in [-0.2, 0) is 9.59 Å². The maximum absolute atomic E-state index is 11.9. The van der Waals surface area contributed by atoms with Gasteiger partial charge in [-0.25, -0.2) is 0 Å². The van der Waals surface area contributed by atoms with Crippen molar-refractivity contribution < 1.29 is 9.59 Å². The number of benzene rings is 1. The van der Waals surface area contributed by atoms with Gasteiger partial charge in [-0.2, -0.15) is 0 Å². The second kappa shape index (κ2) is 7.94. The normalized spacial score (nSPS) is 12.1. The van der Waals surface area contributed by atoms with Gasteiger partial charge in [0.25, 0.3) is 0 Å². The molecule has 0 radical (unpaired) electrons. The number of anilines is 2. The van der Waals surface area contributed by atoms with E-state index in [1.165, 1.54) is 6.92 Å². The van der Waals surface area contributed by atoms with Crippen molar-refractivity contribution in [1.82, 2.24) is 0 Å². The standard InChI is InChI=1S/C15H22N2O2S/c1-10(2)11(3)20-9-15(19)17-14-7-5-6-13(8-14)16-12(4)18/h5-8,10-11H,9H2,1-4H3,(H,16,18)(H,17,19)/t11-/m1/s1. The van der Waals surface area contributed by atoms with E-state index in [0.717, 1.165) is 0 Å². The minimum absolute atomic E-state index is 0.0255. The Hall–Kier alpha value is -1.49. The quantitative estimate of drug-likeness (QED) is 0.846. The molecule has 0 aromatic heterocycles. The number of hydrogen-bond donors (Lipinski definition) is 2. The van der Waals surface area contributed by atoms with E-state index in [2.05, 4.69) is 31.4 Å². The summed E-state index contributed by atoms with van der Waals surface area (Å²) in [5, 5.41) is 5.98. The summed E-state index contributed by atoms with van der Waals surface area (Å²) in [6.45, 7) is 7.87. The largest absolute Gasteiger partial charge is 0.326 e. The Morgan fingerprint density at radius 3 is 2.30 bits per heavy atom. The molecule has 0 spiro atoms. The van der Waals surface area contributed by atoms with Gasteiger partial charge in [-0.15, -0.1) is 11.8 Å². The lowest BCUT2D eigenvalue weighted by atomic mass is 10.2. The molecule has 1 atom stereocenters. The van der Waals surface area contributed by atoms with E-state index in [9.17, 15) is 9.59 Å². The molecule has 0 fully saturated rings. The molecule has 2 N–H and O–H groups in total. The third-order valence-corrected chi connectivity index (χ3v) is 4.38. The molecule has 110 valence electrons. The molecule has 0 aliphatic carbocycles. The fourth-order valence-electron chi connectivity index (χ4n) is 1.47. The molecule has 4 nitrogen and oxygen atoms in total. The van der Waals surface area contributed by atoms with Crippen LogP contribution in [0.2, 0.25) is 0 Å². The van der Waals surface area contributed by atoms with Gasteiger partial charge in [-0.05, 0) is 24.1 Å². The first-order valence-electron chi connectivity index (χ1n) is 6.67. The van der Waals surface area contributed by atoms with Crippen LogP contribution in [0.4, 0.5) is 11.4 Å². The highest BCUT2D eigenvalue weighted by molar-refractivity contribution is 8.00. The number of hydrogen-bond acceptors (Lipinski definition) is 3. The second-order valence-corrected chi connectivity index (χ2v) is 6.44. The van der Waals surface area contributed by atoms with Gasteiger partial charge in [-0.1, -0.05) is 26.8 Å². The van der Waals surface area contributed by atoms with E-state index in [4.69, 9.17) is 0 Å². The van der Waals surface area contributed by atoms with E-state index < -0.39 is 0 Å². The van der Waals surface area contributed by atoms with Crippen molar-refractivity contribution in [2.75, 3.05) is 16.4 Å². The summed E-state index contributed by atoms with van der Waals surface area (Å²) in [7, 11) is 0. The maximum Gasteiger partial charge on any atom is 0.234 e. The van der Waals surface area contributed by atoms with Crippen LogP contribution in [0.15, 0.2) is 24.3 Å². The molecule has 0 saturated heterocycles. The predicted octanol–water partition coefficient (Wildman–Crippen LogP) is 3.36. The number of rotatable bonds is 6. The van der Waals surface area contributed by atoms with Crippen LogP contribution in [0.25, 0.3) is 0 Å². The zero-order valence-electron chi connectivity index (χ0n) is 12.4. The summed E-state index contributed by atoms with van der Waals surface area (Å²) in [4.78, 5) is 22.8. The maximum atomic E-state index is 11.9. The van der Waals surface area contributed by atoms with Gasteiger partial charge in [0.15, 0.2) is 0 Å². The van der Waals surface area contributed by atoms with Crippen LogP contribution in [0.5, 0.6) is 0 Å². The van der Waals surface area contributed by atoms with E-state index in [1.54, 1.807) is 36.0 Å². The number of thioether (sulfide) groups is 1. The van der Waals surface area contributed by atoms with Crippen molar-refractivity contribution in [2.45, 2.75) is 32.9 Å². The molecular weight excluding hydrogens is 272 g/mol. The number of amides is 2. The molecule has 0 aliphatic heterocycles. The summed E-state index contributed by atoms with van der Waals surface area (Å²) < 4.78 is 0. The Kier molecular flexibility index (Phi) is 6.58. The Balaban J connectivity index is 2.51. The second-order valence-electron chi connectivity index (χ2n) is 5.07. The van der Waals surface area contributed by atoms with Crippen LogP contribution < -0.4 is 10.6 Å². The third-order valence-electron chi connectivity index (χ3n) is 2.88. The van der Waals surface area contributed by atoms with Crippen molar-refractivity contribution in [3.63, 3.8) is 0 Å². The minimum Gasteiger partial charge on any atom is -0.326 e. The van der Waals surface area contributed by atoms with Crippen LogP contribution in [0.3, 0.4) is 0 Å². The summed E-state index contributed by atoms with van der Waals surface area (Å²) >= 11 is 1.64. The van der Waals surface area contributed by atoms with Crippen molar-refractivity contribution in [3.05, 3.63) is 24.3 Å². The monoisotopic (exact) mass is 294 g/mol. The molecule has 1 rings (SSSR count). The van der Waals surface area contributed by atoms with Gasteiger partial charge >= 0.3 is 0 Å². The smallest absolute Gasteiger partial charge is 0.234 e. The number of carbonyl (C=O) groups excluding carboxylic acids is 2. The first-order valence-corrected chi connectivity index (χ1v) is 7.72. The summed E-state index contributed by atoms with van der Waals surface area (Å²) in [5.74, 6) is 0.831. The van der Waals surface area contributed by atoms with Crippen molar-refractivity contribution in [1.29, 1.82) is 0 Å². The Bertz CT molecular complexity index is 475. The highest BCUT2D eigenvalue weighted by atomic mass is 32.2. The molecule has 0 bridgehead atoms. The zero-order chi connectivity index (χ0) is 15.1. The first-order chi connectivity index (χ1) is 9.38. The first kappa shape index (κ1) is 16.6. The molecule has 1 aromatic carbocycles. The molecule has 0 heterocycles. The minimum atomic E-state index is -0.130. The van der Waals surface area contributed by atoms with Gasteiger partial charge in [0, 0.05) is 23.5 Å². The summed E-state index contributed by atoms with van der Waals surface area (Å²) in [6.07, 6.45) is 0. The summed E-state index contributed by atoms with van der Waals surface area (Å²) in [5.41, 5.74) is 1.37. The van der Waals surface area contributed by atoms with E-state index in [-0.39, 0.29) is 11.8 Å². The summed E-state index contributed by atoms with van der Waals surface area (Å²) in [6, 6.07) is 7.13. The third kappa shape index (κ3) is 6.10. The zero-order valence-corrected chi connectivity index (χ0v) is 13.2. The molecule has 1 aromatic rings. The number of nitrogens with one attached hydrogen (secondary N) is 2. The predicted molar refractivity (Wildman–Crippen MR) is 86.1 cm³/mol. The lowest BCUT2D eigenvalue weighted by Gasteiger charge is -2.14. The molecule has 0 saturated carbocycles. The average molecular weight is 294 g/mol. The molecular formula is C15H22N2O2S. The van der Waals surface area contributed by atoms with Gasteiger partial charge in [0.05, 0.1) is 5.75 Å². The average Bonchev–Trinajstić information content (AvgIpc) is 2.35. The van der Waals surface area contributed by atoms with Gasteiger partial charge in [0.1, 0.15) is 0 Å². The molecule has 5 heteroatoms. The van der Waals surface area contributed by atoms with Gasteiger partial charge < -0.3 is 10.6 Å². The molecule has 20 heavy (non-hydrogen) atoms. The topological polar surface area (TPSA) is 58.2 Å². The van der Waals surface area contributed by atoms with E-state index in [1.807, 2.05) is 0 Å². The van der Waals surface area contributed by atoms with Gasteiger partial charge in [0.2, 0.25) is 11.8 Å². The lowest BCUT2D eigenvalue weighted by molar-refractivity contribution is -0.114.